The van der Waals surface area contributed by atoms with Crippen molar-refractivity contribution in [3.8, 4) is 23.1 Å². The number of aryl methyl sites for hydroxylation is 1. The molecule has 3 aromatic heterocycles. The molecule has 8 nitrogen and oxygen atoms in total. The third kappa shape index (κ3) is 3.28. The van der Waals surface area contributed by atoms with Crippen molar-refractivity contribution < 1.29 is 14.0 Å². The Balaban J connectivity index is 1.43. The SMILES string of the molecule is COc1ccc([C@H]2C[C@@H]2COc2nc(C)ncc2-c2ncno2)nc1. The van der Waals surface area contributed by atoms with E-state index in [-0.39, 0.29) is 0 Å². The molecule has 0 aromatic carbocycles. The van der Waals surface area contributed by atoms with Gasteiger partial charge in [-0.25, -0.2) is 4.98 Å². The molecule has 0 saturated heterocycles. The molecular weight excluding hydrogens is 322 g/mol. The normalized spacial score (nSPS) is 18.8. The van der Waals surface area contributed by atoms with E-state index < -0.39 is 0 Å². The summed E-state index contributed by atoms with van der Waals surface area (Å²) in [6, 6.07) is 3.93. The summed E-state index contributed by atoms with van der Waals surface area (Å²) in [7, 11) is 1.63. The molecule has 3 heterocycles. The maximum absolute atomic E-state index is 5.93. The average molecular weight is 339 g/mol. The first-order valence-electron chi connectivity index (χ1n) is 7.98. The topological polar surface area (TPSA) is 96.1 Å². The van der Waals surface area contributed by atoms with E-state index in [2.05, 4.69) is 25.1 Å². The molecule has 0 spiro atoms. The van der Waals surface area contributed by atoms with Gasteiger partial charge in [0, 0.05) is 23.7 Å². The van der Waals surface area contributed by atoms with Gasteiger partial charge in [0.15, 0.2) is 6.33 Å². The second-order valence-electron chi connectivity index (χ2n) is 5.92. The summed E-state index contributed by atoms with van der Waals surface area (Å²) in [6.45, 7) is 2.36. The Kier molecular flexibility index (Phi) is 4.01. The van der Waals surface area contributed by atoms with Crippen LogP contribution in [0, 0.1) is 12.8 Å². The summed E-state index contributed by atoms with van der Waals surface area (Å²) in [4.78, 5) is 17.0. The van der Waals surface area contributed by atoms with Crippen molar-refractivity contribution in [2.75, 3.05) is 13.7 Å². The van der Waals surface area contributed by atoms with Gasteiger partial charge in [-0.15, -0.1) is 0 Å². The van der Waals surface area contributed by atoms with Crippen LogP contribution in [0.15, 0.2) is 35.4 Å². The Morgan fingerprint density at radius 3 is 2.84 bits per heavy atom. The van der Waals surface area contributed by atoms with E-state index >= 15 is 0 Å². The van der Waals surface area contributed by atoms with Crippen molar-refractivity contribution >= 4 is 0 Å². The number of pyridine rings is 1. The Morgan fingerprint density at radius 2 is 2.12 bits per heavy atom. The van der Waals surface area contributed by atoms with Gasteiger partial charge < -0.3 is 14.0 Å². The molecule has 2 atom stereocenters. The van der Waals surface area contributed by atoms with Crippen LogP contribution in [0.3, 0.4) is 0 Å². The minimum atomic E-state index is 0.346. The Hall–Kier alpha value is -3.03. The molecule has 4 rings (SSSR count). The van der Waals surface area contributed by atoms with Crippen LogP contribution >= 0.6 is 0 Å². The van der Waals surface area contributed by atoms with E-state index in [9.17, 15) is 0 Å². The first-order valence-corrected chi connectivity index (χ1v) is 7.98. The highest BCUT2D eigenvalue weighted by Crippen LogP contribution is 2.47. The number of ether oxygens (including phenoxy) is 2. The predicted molar refractivity (Wildman–Crippen MR) is 87.2 cm³/mol. The molecule has 8 heteroatoms. The van der Waals surface area contributed by atoms with E-state index in [4.69, 9.17) is 14.0 Å². The second kappa shape index (κ2) is 6.46. The van der Waals surface area contributed by atoms with Gasteiger partial charge in [0.1, 0.15) is 17.1 Å². The molecule has 128 valence electrons. The molecule has 0 aliphatic heterocycles. The second-order valence-corrected chi connectivity index (χ2v) is 5.92. The fraction of sp³-hybridized carbons (Fsp3) is 0.353. The number of aromatic nitrogens is 5. The van der Waals surface area contributed by atoms with E-state index in [1.165, 1.54) is 6.33 Å². The van der Waals surface area contributed by atoms with Crippen LogP contribution in [0.2, 0.25) is 0 Å². The first-order chi connectivity index (χ1) is 12.2. The molecule has 1 aliphatic carbocycles. The van der Waals surface area contributed by atoms with Gasteiger partial charge in [0.05, 0.1) is 19.9 Å². The van der Waals surface area contributed by atoms with Crippen LogP contribution < -0.4 is 9.47 Å². The summed E-state index contributed by atoms with van der Waals surface area (Å²) < 4.78 is 16.2. The minimum Gasteiger partial charge on any atom is -0.495 e. The highest BCUT2D eigenvalue weighted by molar-refractivity contribution is 5.58. The fourth-order valence-electron chi connectivity index (χ4n) is 2.71. The summed E-state index contributed by atoms with van der Waals surface area (Å²) in [5.74, 6) is 3.01. The van der Waals surface area contributed by atoms with Gasteiger partial charge in [0.2, 0.25) is 5.88 Å². The molecule has 1 saturated carbocycles. The zero-order valence-corrected chi connectivity index (χ0v) is 13.9. The van der Waals surface area contributed by atoms with Crippen molar-refractivity contribution in [2.45, 2.75) is 19.3 Å². The van der Waals surface area contributed by atoms with Crippen molar-refractivity contribution in [1.82, 2.24) is 25.1 Å². The monoisotopic (exact) mass is 339 g/mol. The van der Waals surface area contributed by atoms with E-state index in [1.54, 1.807) is 19.5 Å². The lowest BCUT2D eigenvalue weighted by molar-refractivity contribution is 0.284. The minimum absolute atomic E-state index is 0.346. The van der Waals surface area contributed by atoms with Crippen LogP contribution in [-0.2, 0) is 0 Å². The molecule has 1 fully saturated rings. The summed E-state index contributed by atoms with van der Waals surface area (Å²) >= 11 is 0. The Morgan fingerprint density at radius 1 is 1.20 bits per heavy atom. The smallest absolute Gasteiger partial charge is 0.264 e. The zero-order chi connectivity index (χ0) is 17.2. The van der Waals surface area contributed by atoms with Crippen molar-refractivity contribution in [3.63, 3.8) is 0 Å². The van der Waals surface area contributed by atoms with Crippen LogP contribution in [0.5, 0.6) is 11.6 Å². The number of methoxy groups -OCH3 is 1. The highest BCUT2D eigenvalue weighted by Gasteiger charge is 2.40. The molecule has 0 bridgehead atoms. The highest BCUT2D eigenvalue weighted by atomic mass is 16.5. The van der Waals surface area contributed by atoms with Crippen LogP contribution in [0.1, 0.15) is 23.9 Å². The lowest BCUT2D eigenvalue weighted by Gasteiger charge is -2.08. The van der Waals surface area contributed by atoms with E-state index in [0.29, 0.717) is 41.6 Å². The number of nitrogens with zero attached hydrogens (tertiary/aromatic N) is 5. The van der Waals surface area contributed by atoms with Crippen molar-refractivity contribution in [2.24, 2.45) is 5.92 Å². The predicted octanol–water partition coefficient (Wildman–Crippen LogP) is 2.42. The van der Waals surface area contributed by atoms with Crippen molar-refractivity contribution in [1.29, 1.82) is 0 Å². The van der Waals surface area contributed by atoms with Crippen LogP contribution in [0.25, 0.3) is 11.5 Å². The molecule has 0 N–H and O–H groups in total. The summed E-state index contributed by atoms with van der Waals surface area (Å²) in [6.07, 6.45) is 5.76. The average Bonchev–Trinajstić information content (AvgIpc) is 3.21. The number of rotatable bonds is 6. The summed E-state index contributed by atoms with van der Waals surface area (Å²) in [5, 5.41) is 3.62. The van der Waals surface area contributed by atoms with Crippen molar-refractivity contribution in [3.05, 3.63) is 42.4 Å². The quantitative estimate of drug-likeness (QED) is 0.675. The van der Waals surface area contributed by atoms with Gasteiger partial charge in [-0.3, -0.25) is 4.98 Å². The molecular formula is C17H17N5O3. The van der Waals surface area contributed by atoms with Gasteiger partial charge >= 0.3 is 0 Å². The van der Waals surface area contributed by atoms with Gasteiger partial charge in [-0.1, -0.05) is 5.16 Å². The van der Waals surface area contributed by atoms with Gasteiger partial charge in [0.25, 0.3) is 5.89 Å². The molecule has 0 radical (unpaired) electrons. The van der Waals surface area contributed by atoms with E-state index in [1.807, 2.05) is 19.1 Å². The standard InChI is InChI=1S/C17H17N5O3/c1-10-18-7-14(16-20-9-21-25-16)17(22-10)24-8-11-5-13(11)15-4-3-12(23-2)6-19-15/h3-4,6-7,9,11,13H,5,8H2,1-2H3/t11-,13+/m1/s1. The van der Waals surface area contributed by atoms with Gasteiger partial charge in [-0.2, -0.15) is 9.97 Å². The Labute approximate surface area is 144 Å². The van der Waals surface area contributed by atoms with Crippen LogP contribution in [0.4, 0.5) is 0 Å². The molecule has 25 heavy (non-hydrogen) atoms. The molecule has 3 aromatic rings. The largest absolute Gasteiger partial charge is 0.495 e. The number of hydrogen-bond acceptors (Lipinski definition) is 8. The zero-order valence-electron chi connectivity index (χ0n) is 13.9. The fourth-order valence-corrected chi connectivity index (χ4v) is 2.71. The molecule has 0 unspecified atom stereocenters. The maximum atomic E-state index is 5.93. The van der Waals surface area contributed by atoms with Gasteiger partial charge in [-0.05, 0) is 25.5 Å². The lowest BCUT2D eigenvalue weighted by Crippen LogP contribution is -2.05. The molecule has 1 aliphatic rings. The third-order valence-electron chi connectivity index (χ3n) is 4.20. The lowest BCUT2D eigenvalue weighted by atomic mass is 10.2. The van der Waals surface area contributed by atoms with Crippen LogP contribution in [-0.4, -0.2) is 38.8 Å². The number of hydrogen-bond donors (Lipinski definition) is 0. The maximum Gasteiger partial charge on any atom is 0.264 e. The Bertz CT molecular complexity index is 851. The van der Waals surface area contributed by atoms with E-state index in [0.717, 1.165) is 17.9 Å². The third-order valence-corrected chi connectivity index (χ3v) is 4.20. The first kappa shape index (κ1) is 15.5. The summed E-state index contributed by atoms with van der Waals surface area (Å²) in [5.41, 5.74) is 1.66. The molecule has 0 amide bonds.